The third-order valence-corrected chi connectivity index (χ3v) is 1.07. The van der Waals surface area contributed by atoms with Crippen LogP contribution in [-0.4, -0.2) is 12.5 Å². The van der Waals surface area contributed by atoms with Crippen LogP contribution < -0.4 is 5.32 Å². The summed E-state index contributed by atoms with van der Waals surface area (Å²) in [5.41, 5.74) is 0. The average molecular weight is 189 g/mol. The Labute approximate surface area is 84.1 Å². The Morgan fingerprint density at radius 1 is 1.15 bits per heavy atom. The molecule has 0 aliphatic carbocycles. The Morgan fingerprint density at radius 2 is 1.54 bits per heavy atom. The standard InChI is InChI=1S/C7H15NO.2C2H6/c1-4-5-8-7(9)6(2)3;2*1-2/h6H,4-5H2,1-3H3,(H,8,9);2*1-2H3. The van der Waals surface area contributed by atoms with Gasteiger partial charge in [0, 0.05) is 12.5 Å². The first-order valence-electron chi connectivity index (χ1n) is 5.46. The second kappa shape index (κ2) is 17.5. The summed E-state index contributed by atoms with van der Waals surface area (Å²) in [6.07, 6.45) is 1.01. The van der Waals surface area contributed by atoms with Crippen LogP contribution in [-0.2, 0) is 4.79 Å². The van der Waals surface area contributed by atoms with E-state index in [1.54, 1.807) is 0 Å². The van der Waals surface area contributed by atoms with Gasteiger partial charge in [-0.15, -0.1) is 0 Å². The van der Waals surface area contributed by atoms with Crippen molar-refractivity contribution in [3.8, 4) is 0 Å². The third-order valence-electron chi connectivity index (χ3n) is 1.07. The van der Waals surface area contributed by atoms with Gasteiger partial charge in [0.1, 0.15) is 0 Å². The van der Waals surface area contributed by atoms with Crippen LogP contribution in [0, 0.1) is 5.92 Å². The van der Waals surface area contributed by atoms with Crippen LogP contribution in [0.25, 0.3) is 0 Å². The van der Waals surface area contributed by atoms with Gasteiger partial charge < -0.3 is 5.32 Å². The molecular formula is C11H27NO. The fraction of sp³-hybridized carbons (Fsp3) is 0.909. The molecule has 2 nitrogen and oxygen atoms in total. The molecule has 1 N–H and O–H groups in total. The van der Waals surface area contributed by atoms with Gasteiger partial charge in [-0.25, -0.2) is 0 Å². The molecule has 0 fully saturated rings. The van der Waals surface area contributed by atoms with Crippen molar-refractivity contribution in [3.05, 3.63) is 0 Å². The van der Waals surface area contributed by atoms with Gasteiger partial charge in [0.05, 0.1) is 0 Å². The van der Waals surface area contributed by atoms with Gasteiger partial charge in [0.15, 0.2) is 0 Å². The fourth-order valence-electron chi connectivity index (χ4n) is 0.452. The Morgan fingerprint density at radius 3 is 1.77 bits per heavy atom. The van der Waals surface area contributed by atoms with Crippen molar-refractivity contribution in [2.45, 2.75) is 54.9 Å². The molecule has 0 bridgehead atoms. The zero-order valence-electron chi connectivity index (χ0n) is 10.4. The topological polar surface area (TPSA) is 29.1 Å². The lowest BCUT2D eigenvalue weighted by Crippen LogP contribution is -2.28. The number of rotatable bonds is 3. The van der Waals surface area contributed by atoms with E-state index in [2.05, 4.69) is 5.32 Å². The van der Waals surface area contributed by atoms with Crippen molar-refractivity contribution in [2.75, 3.05) is 6.54 Å². The van der Waals surface area contributed by atoms with E-state index in [4.69, 9.17) is 0 Å². The molecule has 0 saturated heterocycles. The van der Waals surface area contributed by atoms with Gasteiger partial charge in [-0.3, -0.25) is 4.79 Å². The van der Waals surface area contributed by atoms with E-state index in [9.17, 15) is 4.79 Å². The summed E-state index contributed by atoms with van der Waals surface area (Å²) in [6, 6.07) is 0. The summed E-state index contributed by atoms with van der Waals surface area (Å²) in [5, 5.41) is 2.79. The minimum Gasteiger partial charge on any atom is -0.356 e. The molecule has 2 heteroatoms. The Bertz CT molecular complexity index is 90.1. The van der Waals surface area contributed by atoms with Gasteiger partial charge in [0.25, 0.3) is 0 Å². The molecule has 0 unspecified atom stereocenters. The molecule has 0 spiro atoms. The molecule has 0 saturated carbocycles. The molecule has 82 valence electrons. The molecule has 0 heterocycles. The maximum atomic E-state index is 10.8. The molecule has 0 atom stereocenters. The van der Waals surface area contributed by atoms with Crippen LogP contribution in [0.15, 0.2) is 0 Å². The minimum absolute atomic E-state index is 0.122. The average Bonchev–Trinajstić information content (AvgIpc) is 2.20. The zero-order chi connectivity index (χ0) is 11.3. The molecule has 13 heavy (non-hydrogen) atoms. The van der Waals surface area contributed by atoms with E-state index >= 15 is 0 Å². The molecule has 0 aromatic rings. The highest BCUT2D eigenvalue weighted by Gasteiger charge is 2.03. The van der Waals surface area contributed by atoms with E-state index in [-0.39, 0.29) is 11.8 Å². The van der Waals surface area contributed by atoms with Gasteiger partial charge >= 0.3 is 0 Å². The SMILES string of the molecule is CC.CC.CCCNC(=O)C(C)C. The maximum absolute atomic E-state index is 10.8. The van der Waals surface area contributed by atoms with E-state index in [1.807, 2.05) is 48.5 Å². The summed E-state index contributed by atoms with van der Waals surface area (Å²) < 4.78 is 0. The molecule has 0 aliphatic rings. The van der Waals surface area contributed by atoms with Crippen molar-refractivity contribution >= 4 is 5.91 Å². The van der Waals surface area contributed by atoms with E-state index in [1.165, 1.54) is 0 Å². The molecule has 0 aromatic heterocycles. The van der Waals surface area contributed by atoms with Crippen molar-refractivity contribution in [1.29, 1.82) is 0 Å². The number of hydrogen-bond acceptors (Lipinski definition) is 1. The Kier molecular flexibility index (Phi) is 24.7. The molecule has 0 aromatic carbocycles. The minimum atomic E-state index is 0.122. The van der Waals surface area contributed by atoms with E-state index in [0.29, 0.717) is 0 Å². The summed E-state index contributed by atoms with van der Waals surface area (Å²) in [6.45, 7) is 14.6. The molecular weight excluding hydrogens is 162 g/mol. The zero-order valence-corrected chi connectivity index (χ0v) is 10.4. The third kappa shape index (κ3) is 18.4. The molecule has 0 radical (unpaired) electrons. The van der Waals surface area contributed by atoms with Crippen LogP contribution in [0.1, 0.15) is 54.9 Å². The predicted octanol–water partition coefficient (Wildman–Crippen LogP) is 3.22. The maximum Gasteiger partial charge on any atom is 0.222 e. The van der Waals surface area contributed by atoms with Gasteiger partial charge in [-0.2, -0.15) is 0 Å². The lowest BCUT2D eigenvalue weighted by molar-refractivity contribution is -0.123. The van der Waals surface area contributed by atoms with Gasteiger partial charge in [0.2, 0.25) is 5.91 Å². The largest absolute Gasteiger partial charge is 0.356 e. The summed E-state index contributed by atoms with van der Waals surface area (Å²) in [7, 11) is 0. The number of carbonyl (C=O) groups excluding carboxylic acids is 1. The van der Waals surface area contributed by atoms with Crippen LogP contribution in [0.3, 0.4) is 0 Å². The summed E-state index contributed by atoms with van der Waals surface area (Å²) in [4.78, 5) is 10.8. The first-order chi connectivity index (χ1) is 6.18. The molecule has 0 rings (SSSR count). The monoisotopic (exact) mass is 189 g/mol. The molecule has 0 aliphatic heterocycles. The first kappa shape index (κ1) is 18.3. The van der Waals surface area contributed by atoms with E-state index < -0.39 is 0 Å². The predicted molar refractivity (Wildman–Crippen MR) is 60.8 cm³/mol. The van der Waals surface area contributed by atoms with Crippen LogP contribution in [0.5, 0.6) is 0 Å². The smallest absolute Gasteiger partial charge is 0.222 e. The highest BCUT2D eigenvalue weighted by molar-refractivity contribution is 5.77. The lowest BCUT2D eigenvalue weighted by Gasteiger charge is -2.04. The van der Waals surface area contributed by atoms with Crippen LogP contribution in [0.2, 0.25) is 0 Å². The number of amides is 1. The lowest BCUT2D eigenvalue weighted by atomic mass is 10.2. The highest BCUT2D eigenvalue weighted by Crippen LogP contribution is 1.89. The van der Waals surface area contributed by atoms with Crippen molar-refractivity contribution in [2.24, 2.45) is 5.92 Å². The van der Waals surface area contributed by atoms with Gasteiger partial charge in [-0.1, -0.05) is 48.5 Å². The summed E-state index contributed by atoms with van der Waals surface area (Å²) in [5.74, 6) is 0.272. The first-order valence-corrected chi connectivity index (χ1v) is 5.46. The molecule has 1 amide bonds. The van der Waals surface area contributed by atoms with Crippen molar-refractivity contribution in [3.63, 3.8) is 0 Å². The number of carbonyl (C=O) groups is 1. The number of nitrogens with one attached hydrogen (secondary N) is 1. The van der Waals surface area contributed by atoms with Crippen molar-refractivity contribution < 1.29 is 4.79 Å². The summed E-state index contributed by atoms with van der Waals surface area (Å²) >= 11 is 0. The second-order valence-electron chi connectivity index (χ2n) is 2.45. The fourth-order valence-corrected chi connectivity index (χ4v) is 0.452. The van der Waals surface area contributed by atoms with Gasteiger partial charge in [-0.05, 0) is 6.42 Å². The van der Waals surface area contributed by atoms with Crippen LogP contribution >= 0.6 is 0 Å². The van der Waals surface area contributed by atoms with E-state index in [0.717, 1.165) is 13.0 Å². The Hall–Kier alpha value is -0.530. The second-order valence-corrected chi connectivity index (χ2v) is 2.45. The number of hydrogen-bond donors (Lipinski definition) is 1. The highest BCUT2D eigenvalue weighted by atomic mass is 16.1. The van der Waals surface area contributed by atoms with Crippen molar-refractivity contribution in [1.82, 2.24) is 5.32 Å². The van der Waals surface area contributed by atoms with Crippen LogP contribution in [0.4, 0.5) is 0 Å². The Balaban J connectivity index is -0.000000218. The quantitative estimate of drug-likeness (QED) is 0.725. The normalized spacial score (nSPS) is 7.69.